The fraction of sp³-hybridized carbons (Fsp3) is 0. The van der Waals surface area contributed by atoms with Gasteiger partial charge in [-0.2, -0.15) is 0 Å². The van der Waals surface area contributed by atoms with Crippen molar-refractivity contribution in [2.45, 2.75) is 0 Å². The summed E-state index contributed by atoms with van der Waals surface area (Å²) in [5.74, 6) is 1.57. The molecule has 38 heavy (non-hydrogen) atoms. The van der Waals surface area contributed by atoms with Crippen molar-refractivity contribution in [3.8, 4) is 11.1 Å². The van der Waals surface area contributed by atoms with Gasteiger partial charge in [-0.25, -0.2) is 9.97 Å². The summed E-state index contributed by atoms with van der Waals surface area (Å²) in [4.78, 5) is 14.1. The van der Waals surface area contributed by atoms with Crippen molar-refractivity contribution in [3.05, 3.63) is 165 Å². The van der Waals surface area contributed by atoms with Crippen LogP contribution in [0.25, 0.3) is 11.1 Å². The maximum atomic E-state index is 4.91. The predicted octanol–water partition coefficient (Wildman–Crippen LogP) is 9.01. The van der Waals surface area contributed by atoms with E-state index in [2.05, 4.69) is 71.5 Å². The monoisotopic (exact) mass is 492 g/mol. The van der Waals surface area contributed by atoms with E-state index in [-0.39, 0.29) is 0 Å². The summed E-state index contributed by atoms with van der Waals surface area (Å²) in [7, 11) is 0. The van der Waals surface area contributed by atoms with Crippen molar-refractivity contribution >= 4 is 28.7 Å². The highest BCUT2D eigenvalue weighted by molar-refractivity contribution is 5.91. The number of nitrogens with zero attached hydrogens (tertiary/aromatic N) is 4. The minimum atomic E-state index is 0.766. The first-order valence-corrected chi connectivity index (χ1v) is 12.4. The number of rotatable bonds is 9. The van der Waals surface area contributed by atoms with Gasteiger partial charge in [-0.1, -0.05) is 73.8 Å². The largest absolute Gasteiger partial charge is 0.295 e. The number of benzene rings is 3. The van der Waals surface area contributed by atoms with Crippen molar-refractivity contribution in [3.63, 3.8) is 0 Å². The molecule has 0 bridgehead atoms. The molecule has 3 aromatic carbocycles. The normalized spacial score (nSPS) is 11.0. The van der Waals surface area contributed by atoms with Gasteiger partial charge in [-0.15, -0.1) is 0 Å². The molecule has 0 N–H and O–H groups in total. The average molecular weight is 493 g/mol. The zero-order chi connectivity index (χ0) is 26.2. The van der Waals surface area contributed by atoms with E-state index in [0.29, 0.717) is 0 Å². The molecule has 2 aromatic heterocycles. The van der Waals surface area contributed by atoms with Gasteiger partial charge < -0.3 is 0 Å². The zero-order valence-corrected chi connectivity index (χ0v) is 21.1. The lowest BCUT2D eigenvalue weighted by molar-refractivity contribution is 1.13. The maximum Gasteiger partial charge on any atom is 0.145 e. The highest BCUT2D eigenvalue weighted by Gasteiger charge is 2.23. The first kappa shape index (κ1) is 24.5. The third-order valence-electron chi connectivity index (χ3n) is 6.09. The Morgan fingerprint density at radius 2 is 1.03 bits per heavy atom. The molecule has 4 heteroatoms. The van der Waals surface area contributed by atoms with E-state index in [9.17, 15) is 0 Å². The number of pyridine rings is 2. The molecule has 5 rings (SSSR count). The van der Waals surface area contributed by atoms with Crippen LogP contribution < -0.4 is 9.80 Å². The van der Waals surface area contributed by atoms with Crippen LogP contribution in [-0.2, 0) is 0 Å². The van der Waals surface area contributed by atoms with E-state index in [1.165, 1.54) is 0 Å². The van der Waals surface area contributed by atoms with Crippen molar-refractivity contribution in [1.82, 2.24) is 9.97 Å². The SMILES string of the molecule is C=C/C=C(\C=C)N(c1ccccc1)c1ncccc1-c1cccnc1N(c1ccccc1)c1ccccc1. The molecule has 0 aliphatic carbocycles. The Labute approximate surface area is 224 Å². The van der Waals surface area contributed by atoms with Crippen molar-refractivity contribution in [2.24, 2.45) is 0 Å². The fourth-order valence-corrected chi connectivity index (χ4v) is 4.44. The van der Waals surface area contributed by atoms with E-state index in [4.69, 9.17) is 9.97 Å². The van der Waals surface area contributed by atoms with E-state index in [1.807, 2.05) is 91.3 Å². The molecular weight excluding hydrogens is 464 g/mol. The predicted molar refractivity (Wildman–Crippen MR) is 159 cm³/mol. The van der Waals surface area contributed by atoms with Crippen LogP contribution in [0, 0.1) is 0 Å². The topological polar surface area (TPSA) is 32.3 Å². The van der Waals surface area contributed by atoms with Crippen LogP contribution >= 0.6 is 0 Å². The van der Waals surface area contributed by atoms with Crippen LogP contribution in [0.15, 0.2) is 165 Å². The molecule has 0 aliphatic heterocycles. The summed E-state index contributed by atoms with van der Waals surface area (Å²) < 4.78 is 0. The fourth-order valence-electron chi connectivity index (χ4n) is 4.44. The van der Waals surface area contributed by atoms with Crippen molar-refractivity contribution < 1.29 is 0 Å². The van der Waals surface area contributed by atoms with E-state index < -0.39 is 0 Å². The Kier molecular flexibility index (Phi) is 7.52. The van der Waals surface area contributed by atoms with Gasteiger partial charge in [0.2, 0.25) is 0 Å². The smallest absolute Gasteiger partial charge is 0.145 e. The molecule has 0 spiro atoms. The zero-order valence-electron chi connectivity index (χ0n) is 21.1. The Bertz CT molecular complexity index is 1500. The first-order valence-electron chi connectivity index (χ1n) is 12.4. The molecule has 0 unspecified atom stereocenters. The van der Waals surface area contributed by atoms with Gasteiger partial charge in [0.15, 0.2) is 0 Å². The third-order valence-corrected chi connectivity index (χ3v) is 6.09. The molecule has 0 aliphatic rings. The summed E-state index contributed by atoms with van der Waals surface area (Å²) in [5, 5.41) is 0. The molecule has 5 aromatic rings. The minimum absolute atomic E-state index is 0.766. The van der Waals surface area contributed by atoms with E-state index in [1.54, 1.807) is 6.08 Å². The number of para-hydroxylation sites is 3. The van der Waals surface area contributed by atoms with Crippen molar-refractivity contribution in [2.75, 3.05) is 9.80 Å². The number of allylic oxidation sites excluding steroid dienone is 3. The molecule has 0 fully saturated rings. The molecule has 2 heterocycles. The second kappa shape index (κ2) is 11.7. The molecule has 0 saturated heterocycles. The Hall–Kier alpha value is -5.22. The van der Waals surface area contributed by atoms with Gasteiger partial charge >= 0.3 is 0 Å². The number of hydrogen-bond acceptors (Lipinski definition) is 4. The Morgan fingerprint density at radius 3 is 1.53 bits per heavy atom. The van der Waals surface area contributed by atoms with Crippen LogP contribution in [0.5, 0.6) is 0 Å². The van der Waals surface area contributed by atoms with Crippen LogP contribution in [-0.4, -0.2) is 9.97 Å². The van der Waals surface area contributed by atoms with Crippen LogP contribution in [0.1, 0.15) is 0 Å². The highest BCUT2D eigenvalue weighted by atomic mass is 15.2. The summed E-state index contributed by atoms with van der Waals surface area (Å²) in [6, 6.07) is 38.8. The summed E-state index contributed by atoms with van der Waals surface area (Å²) in [6.45, 7) is 7.99. The van der Waals surface area contributed by atoms with Gasteiger partial charge in [0.1, 0.15) is 11.6 Å². The molecule has 0 atom stereocenters. The first-order chi connectivity index (χ1) is 18.8. The molecule has 4 nitrogen and oxygen atoms in total. The van der Waals surface area contributed by atoms with E-state index in [0.717, 1.165) is 45.5 Å². The molecule has 0 saturated carbocycles. The lowest BCUT2D eigenvalue weighted by atomic mass is 10.0. The van der Waals surface area contributed by atoms with Crippen LogP contribution in [0.3, 0.4) is 0 Å². The molecule has 0 radical (unpaired) electrons. The third kappa shape index (κ3) is 5.01. The lowest BCUT2D eigenvalue weighted by Crippen LogP contribution is -2.18. The number of anilines is 5. The minimum Gasteiger partial charge on any atom is -0.295 e. The molecule has 184 valence electrons. The van der Waals surface area contributed by atoms with Crippen LogP contribution in [0.2, 0.25) is 0 Å². The van der Waals surface area contributed by atoms with Gasteiger partial charge in [-0.3, -0.25) is 9.80 Å². The Balaban J connectivity index is 1.76. The van der Waals surface area contributed by atoms with Gasteiger partial charge in [0.05, 0.1) is 0 Å². The van der Waals surface area contributed by atoms with Crippen LogP contribution in [0.4, 0.5) is 28.7 Å². The summed E-state index contributed by atoms with van der Waals surface area (Å²) in [6.07, 6.45) is 9.15. The van der Waals surface area contributed by atoms with Crippen molar-refractivity contribution in [1.29, 1.82) is 0 Å². The van der Waals surface area contributed by atoms with Gasteiger partial charge in [0.25, 0.3) is 0 Å². The standard InChI is InChI=1S/C34H28N4/c1-3-16-27(4-2)37(28-17-8-5-9-18-28)33-31(23-14-25-35-33)32-24-15-26-36-34(32)38(29-19-10-6-11-20-29)30-21-12-7-13-22-30/h3-26H,1-2H2/b27-16+. The highest BCUT2D eigenvalue weighted by Crippen LogP contribution is 2.43. The lowest BCUT2D eigenvalue weighted by Gasteiger charge is -2.29. The average Bonchev–Trinajstić information content (AvgIpc) is 2.99. The maximum absolute atomic E-state index is 4.91. The van der Waals surface area contributed by atoms with Gasteiger partial charge in [0, 0.05) is 46.3 Å². The summed E-state index contributed by atoms with van der Waals surface area (Å²) >= 11 is 0. The summed E-state index contributed by atoms with van der Waals surface area (Å²) in [5.41, 5.74) is 5.75. The quantitative estimate of drug-likeness (QED) is 0.192. The second-order valence-electron chi connectivity index (χ2n) is 8.46. The number of aromatic nitrogens is 2. The Morgan fingerprint density at radius 1 is 0.553 bits per heavy atom. The van der Waals surface area contributed by atoms with Gasteiger partial charge in [-0.05, 0) is 72.8 Å². The molecular formula is C34H28N4. The molecule has 0 amide bonds. The van der Waals surface area contributed by atoms with E-state index >= 15 is 0 Å². The number of hydrogen-bond donors (Lipinski definition) is 0. The second-order valence-corrected chi connectivity index (χ2v) is 8.46.